The molecule has 1 aliphatic heterocycles. The second-order valence-electron chi connectivity index (χ2n) is 6.34. The zero-order valence-electron chi connectivity index (χ0n) is 14.0. The van der Waals surface area contributed by atoms with Crippen LogP contribution in [0.2, 0.25) is 0 Å². The Labute approximate surface area is 142 Å². The molecule has 0 radical (unpaired) electrons. The highest BCUT2D eigenvalue weighted by Gasteiger charge is 2.50. The van der Waals surface area contributed by atoms with Gasteiger partial charge in [-0.15, -0.1) is 13.2 Å². The number of rotatable bonds is 7. The van der Waals surface area contributed by atoms with Gasteiger partial charge in [-0.05, 0) is 38.0 Å². The van der Waals surface area contributed by atoms with Gasteiger partial charge in [0.2, 0.25) is 0 Å². The largest absolute Gasteiger partial charge is 0.382 e. The third-order valence-corrected chi connectivity index (χ3v) is 4.56. The highest BCUT2D eigenvalue weighted by atomic mass is 19.1. The summed E-state index contributed by atoms with van der Waals surface area (Å²) in [4.78, 5) is 11.3. The van der Waals surface area contributed by atoms with Gasteiger partial charge in [0.25, 0.3) is 0 Å². The van der Waals surface area contributed by atoms with Gasteiger partial charge in [-0.1, -0.05) is 12.2 Å². The van der Waals surface area contributed by atoms with E-state index in [1.54, 1.807) is 6.07 Å². The molecule has 1 heterocycles. The minimum Gasteiger partial charge on any atom is -0.382 e. The maximum Gasteiger partial charge on any atom is 0.184 e. The molecule has 1 saturated carbocycles. The van der Waals surface area contributed by atoms with Crippen molar-refractivity contribution in [2.75, 3.05) is 18.0 Å². The van der Waals surface area contributed by atoms with Crippen LogP contribution < -0.4 is 10.6 Å². The van der Waals surface area contributed by atoms with Crippen molar-refractivity contribution in [1.29, 1.82) is 0 Å². The molecule has 126 valence electrons. The van der Waals surface area contributed by atoms with Crippen molar-refractivity contribution in [1.82, 2.24) is 0 Å². The SMILES string of the molecule is C=CCN(CC=C)c1ccc(F)c(C2(C3CC3)N=C(C)C(N)=N2)c1. The molecule has 1 aliphatic carbocycles. The molecule has 0 amide bonds. The Morgan fingerprint density at radius 1 is 1.29 bits per heavy atom. The molecule has 1 fully saturated rings. The Kier molecular flexibility index (Phi) is 4.26. The number of amidine groups is 1. The fourth-order valence-electron chi connectivity index (χ4n) is 3.20. The first kappa shape index (κ1) is 16.4. The normalized spacial score (nSPS) is 22.8. The summed E-state index contributed by atoms with van der Waals surface area (Å²) in [6.07, 6.45) is 5.61. The van der Waals surface area contributed by atoms with E-state index in [-0.39, 0.29) is 11.7 Å². The fourth-order valence-corrected chi connectivity index (χ4v) is 3.20. The van der Waals surface area contributed by atoms with E-state index in [4.69, 9.17) is 5.73 Å². The number of halogens is 1. The van der Waals surface area contributed by atoms with Crippen LogP contribution in [0.25, 0.3) is 0 Å². The monoisotopic (exact) mass is 326 g/mol. The predicted octanol–water partition coefficient (Wildman–Crippen LogP) is 3.40. The van der Waals surface area contributed by atoms with Crippen molar-refractivity contribution < 1.29 is 4.39 Å². The second kappa shape index (κ2) is 6.23. The van der Waals surface area contributed by atoms with Gasteiger partial charge in [0.05, 0.1) is 5.71 Å². The smallest absolute Gasteiger partial charge is 0.184 e. The summed E-state index contributed by atoms with van der Waals surface area (Å²) in [6.45, 7) is 10.7. The van der Waals surface area contributed by atoms with Gasteiger partial charge >= 0.3 is 0 Å². The van der Waals surface area contributed by atoms with Crippen molar-refractivity contribution in [3.05, 3.63) is 54.9 Å². The molecular formula is C19H23FN4. The third-order valence-electron chi connectivity index (χ3n) is 4.56. The summed E-state index contributed by atoms with van der Waals surface area (Å²) >= 11 is 0. The van der Waals surface area contributed by atoms with E-state index in [0.717, 1.165) is 18.5 Å². The Hall–Kier alpha value is -2.43. The van der Waals surface area contributed by atoms with E-state index in [1.165, 1.54) is 6.07 Å². The molecule has 0 aromatic heterocycles. The lowest BCUT2D eigenvalue weighted by Crippen LogP contribution is -2.27. The number of anilines is 1. The Morgan fingerprint density at radius 3 is 2.46 bits per heavy atom. The second-order valence-corrected chi connectivity index (χ2v) is 6.34. The Morgan fingerprint density at radius 2 is 1.96 bits per heavy atom. The molecule has 0 bridgehead atoms. The number of nitrogens with zero attached hydrogens (tertiary/aromatic N) is 3. The van der Waals surface area contributed by atoms with E-state index in [9.17, 15) is 4.39 Å². The Bertz CT molecular complexity index is 703. The van der Waals surface area contributed by atoms with Gasteiger partial charge in [0.15, 0.2) is 5.66 Å². The highest BCUT2D eigenvalue weighted by molar-refractivity contribution is 6.41. The van der Waals surface area contributed by atoms with Gasteiger partial charge in [-0.2, -0.15) is 0 Å². The van der Waals surface area contributed by atoms with E-state index in [1.807, 2.05) is 25.1 Å². The number of hydrogen-bond acceptors (Lipinski definition) is 4. The first-order valence-corrected chi connectivity index (χ1v) is 8.20. The molecule has 5 heteroatoms. The zero-order chi connectivity index (χ0) is 17.3. The number of benzene rings is 1. The molecular weight excluding hydrogens is 303 g/mol. The van der Waals surface area contributed by atoms with Gasteiger partial charge in [-0.3, -0.25) is 4.99 Å². The molecule has 3 rings (SSSR count). The summed E-state index contributed by atoms with van der Waals surface area (Å²) in [5.41, 5.74) is 7.14. The van der Waals surface area contributed by atoms with Gasteiger partial charge in [0.1, 0.15) is 11.7 Å². The van der Waals surface area contributed by atoms with Crippen molar-refractivity contribution >= 4 is 17.2 Å². The van der Waals surface area contributed by atoms with E-state index >= 15 is 0 Å². The fraction of sp³-hybridized carbons (Fsp3) is 0.368. The lowest BCUT2D eigenvalue weighted by atomic mass is 9.94. The van der Waals surface area contributed by atoms with Crippen LogP contribution in [0.15, 0.2) is 53.5 Å². The van der Waals surface area contributed by atoms with Gasteiger partial charge < -0.3 is 10.6 Å². The Balaban J connectivity index is 2.09. The number of aliphatic imine (C=N–C) groups is 2. The van der Waals surface area contributed by atoms with Crippen LogP contribution in [-0.4, -0.2) is 24.6 Å². The minimum absolute atomic E-state index is 0.213. The van der Waals surface area contributed by atoms with Crippen LogP contribution in [0.4, 0.5) is 10.1 Å². The van der Waals surface area contributed by atoms with Crippen LogP contribution in [-0.2, 0) is 5.66 Å². The van der Waals surface area contributed by atoms with Crippen LogP contribution >= 0.6 is 0 Å². The maximum atomic E-state index is 14.7. The summed E-state index contributed by atoms with van der Waals surface area (Å²) in [5, 5.41) is 0. The topological polar surface area (TPSA) is 54.0 Å². The van der Waals surface area contributed by atoms with Crippen LogP contribution in [0.5, 0.6) is 0 Å². The van der Waals surface area contributed by atoms with Gasteiger partial charge in [0, 0.05) is 30.3 Å². The van der Waals surface area contributed by atoms with Crippen molar-refractivity contribution in [3.63, 3.8) is 0 Å². The van der Waals surface area contributed by atoms with Crippen molar-refractivity contribution in [3.8, 4) is 0 Å². The summed E-state index contributed by atoms with van der Waals surface area (Å²) in [7, 11) is 0. The van der Waals surface area contributed by atoms with Crippen molar-refractivity contribution in [2.45, 2.75) is 25.4 Å². The number of nitrogens with two attached hydrogens (primary N) is 1. The number of hydrogen-bond donors (Lipinski definition) is 1. The molecule has 1 aromatic rings. The molecule has 0 spiro atoms. The first-order valence-electron chi connectivity index (χ1n) is 8.20. The minimum atomic E-state index is -0.901. The molecule has 1 atom stereocenters. The lowest BCUT2D eigenvalue weighted by molar-refractivity contribution is 0.395. The maximum absolute atomic E-state index is 14.7. The van der Waals surface area contributed by atoms with E-state index in [2.05, 4.69) is 28.0 Å². The quantitative estimate of drug-likeness (QED) is 0.781. The summed E-state index contributed by atoms with van der Waals surface area (Å²) < 4.78 is 14.7. The molecule has 4 nitrogen and oxygen atoms in total. The van der Waals surface area contributed by atoms with Crippen LogP contribution in [0.3, 0.4) is 0 Å². The average Bonchev–Trinajstić information content (AvgIpc) is 3.35. The first-order chi connectivity index (χ1) is 11.5. The molecule has 1 aromatic carbocycles. The highest BCUT2D eigenvalue weighted by Crippen LogP contribution is 2.52. The van der Waals surface area contributed by atoms with E-state index in [0.29, 0.717) is 30.2 Å². The molecule has 24 heavy (non-hydrogen) atoms. The lowest BCUT2D eigenvalue weighted by Gasteiger charge is -2.27. The van der Waals surface area contributed by atoms with Gasteiger partial charge in [-0.25, -0.2) is 9.38 Å². The van der Waals surface area contributed by atoms with Crippen LogP contribution in [0.1, 0.15) is 25.3 Å². The zero-order valence-corrected chi connectivity index (χ0v) is 14.0. The molecule has 1 unspecified atom stereocenters. The average molecular weight is 326 g/mol. The third kappa shape index (κ3) is 2.75. The van der Waals surface area contributed by atoms with Crippen molar-refractivity contribution in [2.24, 2.45) is 21.6 Å². The molecule has 2 N–H and O–H groups in total. The molecule has 0 saturated heterocycles. The predicted molar refractivity (Wildman–Crippen MR) is 98.1 cm³/mol. The van der Waals surface area contributed by atoms with Crippen LogP contribution in [0, 0.1) is 11.7 Å². The summed E-state index contributed by atoms with van der Waals surface area (Å²) in [5.74, 6) is 0.323. The van der Waals surface area contributed by atoms with E-state index < -0.39 is 5.66 Å². The molecule has 2 aliphatic rings. The standard InChI is InChI=1S/C19H23FN4/c1-4-10-24(11-5-2)15-8-9-17(20)16(12-15)19(14-6-7-14)22-13(3)18(21)23-19/h4-5,8-9,12,14H,1-2,6-7,10-11H2,3H3,(H2,21,23). The summed E-state index contributed by atoms with van der Waals surface area (Å²) in [6, 6.07) is 5.10.